The lowest BCUT2D eigenvalue weighted by molar-refractivity contribution is 0.0322. The predicted octanol–water partition coefficient (Wildman–Crippen LogP) is 6.03. The van der Waals surface area contributed by atoms with E-state index in [1.807, 2.05) is 60.7 Å². The molecule has 1 aliphatic rings. The second-order valence-electron chi connectivity index (χ2n) is 8.59. The largest absolute Gasteiger partial charge is 0.492 e. The molecule has 1 aliphatic heterocycles. The number of carbonyl (C=O) groups is 1. The van der Waals surface area contributed by atoms with E-state index in [9.17, 15) is 4.79 Å². The molecule has 8 nitrogen and oxygen atoms in total. The number of nitrogens with one attached hydrogen (secondary N) is 3. The highest BCUT2D eigenvalue weighted by Crippen LogP contribution is 2.29. The van der Waals surface area contributed by atoms with Crippen molar-refractivity contribution in [2.45, 2.75) is 6.54 Å². The first-order valence-corrected chi connectivity index (χ1v) is 13.7. The molecule has 10 heteroatoms. The second-order valence-corrected chi connectivity index (χ2v) is 10.5. The molecular formula is C27H28BrN5O3S. The molecule has 0 bridgehead atoms. The Morgan fingerprint density at radius 2 is 1.70 bits per heavy atom. The lowest BCUT2D eigenvalue weighted by atomic mass is 10.2. The van der Waals surface area contributed by atoms with E-state index in [2.05, 4.69) is 47.8 Å². The Morgan fingerprint density at radius 3 is 2.43 bits per heavy atom. The van der Waals surface area contributed by atoms with Crippen LogP contribution in [0.2, 0.25) is 0 Å². The molecule has 0 radical (unpaired) electrons. The molecule has 3 aromatic carbocycles. The fourth-order valence-electron chi connectivity index (χ4n) is 3.90. The number of hydrogen-bond donors (Lipinski definition) is 3. The van der Waals surface area contributed by atoms with Crippen molar-refractivity contribution in [1.82, 2.24) is 9.88 Å². The number of thiazole rings is 1. The first kappa shape index (κ1) is 25.5. The molecule has 1 fully saturated rings. The SMILES string of the molecule is O=C(Nc1ccc(Br)cc1)Nc1ccc(CNc2nc3ccc(OCCN4CCOCC4)cc3s2)cc1. The Hall–Kier alpha value is -3.18. The van der Waals surface area contributed by atoms with Gasteiger partial charge in [0.05, 0.1) is 23.4 Å². The van der Waals surface area contributed by atoms with Crippen LogP contribution in [0.1, 0.15) is 5.56 Å². The summed E-state index contributed by atoms with van der Waals surface area (Å²) in [6.45, 7) is 5.73. The van der Waals surface area contributed by atoms with E-state index < -0.39 is 0 Å². The predicted molar refractivity (Wildman–Crippen MR) is 153 cm³/mol. The zero-order valence-corrected chi connectivity index (χ0v) is 22.6. The van der Waals surface area contributed by atoms with E-state index in [0.29, 0.717) is 13.2 Å². The van der Waals surface area contributed by atoms with Crippen LogP contribution in [0.25, 0.3) is 10.2 Å². The van der Waals surface area contributed by atoms with Gasteiger partial charge in [0.1, 0.15) is 12.4 Å². The molecule has 1 saturated heterocycles. The maximum Gasteiger partial charge on any atom is 0.323 e. The van der Waals surface area contributed by atoms with Gasteiger partial charge in [-0.25, -0.2) is 9.78 Å². The molecule has 5 rings (SSSR count). The zero-order chi connectivity index (χ0) is 25.5. The number of amides is 2. The van der Waals surface area contributed by atoms with Crippen LogP contribution in [0.4, 0.5) is 21.3 Å². The van der Waals surface area contributed by atoms with Gasteiger partial charge in [0, 0.05) is 42.0 Å². The number of halogens is 1. The van der Waals surface area contributed by atoms with Crippen molar-refractivity contribution in [1.29, 1.82) is 0 Å². The highest BCUT2D eigenvalue weighted by Gasteiger charge is 2.11. The highest BCUT2D eigenvalue weighted by atomic mass is 79.9. The molecule has 1 aromatic heterocycles. The van der Waals surface area contributed by atoms with Gasteiger partial charge in [-0.3, -0.25) is 4.90 Å². The zero-order valence-electron chi connectivity index (χ0n) is 20.2. The monoisotopic (exact) mass is 581 g/mol. The number of aromatic nitrogens is 1. The van der Waals surface area contributed by atoms with Gasteiger partial charge in [0.2, 0.25) is 0 Å². The maximum absolute atomic E-state index is 12.2. The van der Waals surface area contributed by atoms with Crippen LogP contribution in [-0.4, -0.2) is 55.4 Å². The molecule has 4 aromatic rings. The lowest BCUT2D eigenvalue weighted by Gasteiger charge is -2.26. The third-order valence-electron chi connectivity index (χ3n) is 5.90. The normalized spacial score (nSPS) is 13.9. The molecule has 0 unspecified atom stereocenters. The first-order chi connectivity index (χ1) is 18.1. The standard InChI is InChI=1S/C27H28BrN5O3S/c28-20-3-7-22(8-4-20)31-26(34)30-21-5-1-19(2-6-21)18-29-27-32-24-10-9-23(17-25(24)37-27)36-16-13-33-11-14-35-15-12-33/h1-10,17H,11-16,18H2,(H,29,32)(H2,30,31,34). The summed E-state index contributed by atoms with van der Waals surface area (Å²) in [5.74, 6) is 0.864. The Kier molecular flexibility index (Phi) is 8.52. The van der Waals surface area contributed by atoms with Crippen molar-refractivity contribution < 1.29 is 14.3 Å². The van der Waals surface area contributed by atoms with E-state index in [0.717, 1.165) is 75.4 Å². The number of hydrogen-bond acceptors (Lipinski definition) is 7. The molecule has 0 spiro atoms. The van der Waals surface area contributed by atoms with Gasteiger partial charge in [-0.2, -0.15) is 0 Å². The number of benzene rings is 3. The van der Waals surface area contributed by atoms with Crippen LogP contribution in [0.5, 0.6) is 5.75 Å². The summed E-state index contributed by atoms with van der Waals surface area (Å²) in [7, 11) is 0. The summed E-state index contributed by atoms with van der Waals surface area (Å²) in [4.78, 5) is 19.3. The minimum absolute atomic E-state index is 0.285. The summed E-state index contributed by atoms with van der Waals surface area (Å²) in [5, 5.41) is 9.92. The molecular weight excluding hydrogens is 554 g/mol. The Labute approximate surface area is 228 Å². The number of fused-ring (bicyclic) bond motifs is 1. The maximum atomic E-state index is 12.2. The second kappa shape index (κ2) is 12.4. The van der Waals surface area contributed by atoms with Crippen molar-refractivity contribution in [2.24, 2.45) is 0 Å². The average molecular weight is 583 g/mol. The molecule has 0 aliphatic carbocycles. The van der Waals surface area contributed by atoms with E-state index in [1.54, 1.807) is 11.3 Å². The summed E-state index contributed by atoms with van der Waals surface area (Å²) < 4.78 is 13.4. The Bertz CT molecular complexity index is 1320. The van der Waals surface area contributed by atoms with Gasteiger partial charge < -0.3 is 25.4 Å². The van der Waals surface area contributed by atoms with Gasteiger partial charge in [-0.05, 0) is 60.2 Å². The number of nitrogens with zero attached hydrogens (tertiary/aromatic N) is 2. The Balaban J connectivity index is 1.09. The number of anilines is 3. The Morgan fingerprint density at radius 1 is 1.00 bits per heavy atom. The molecule has 2 heterocycles. The van der Waals surface area contributed by atoms with Gasteiger partial charge in [-0.15, -0.1) is 0 Å². The van der Waals surface area contributed by atoms with E-state index in [1.165, 1.54) is 0 Å². The lowest BCUT2D eigenvalue weighted by Crippen LogP contribution is -2.38. The van der Waals surface area contributed by atoms with Crippen molar-refractivity contribution in [2.75, 3.05) is 55.4 Å². The van der Waals surface area contributed by atoms with Gasteiger partial charge >= 0.3 is 6.03 Å². The molecule has 3 N–H and O–H groups in total. The van der Waals surface area contributed by atoms with Gasteiger partial charge in [0.25, 0.3) is 0 Å². The first-order valence-electron chi connectivity index (χ1n) is 12.1. The fraction of sp³-hybridized carbons (Fsp3) is 0.259. The molecule has 0 atom stereocenters. The smallest absolute Gasteiger partial charge is 0.323 e. The van der Waals surface area contributed by atoms with Gasteiger partial charge in [-0.1, -0.05) is 39.4 Å². The molecule has 37 heavy (non-hydrogen) atoms. The molecule has 0 saturated carbocycles. The fourth-order valence-corrected chi connectivity index (χ4v) is 5.05. The summed E-state index contributed by atoms with van der Waals surface area (Å²) in [6.07, 6.45) is 0. The highest BCUT2D eigenvalue weighted by molar-refractivity contribution is 9.10. The average Bonchev–Trinajstić information content (AvgIpc) is 3.32. The van der Waals surface area contributed by atoms with Crippen molar-refractivity contribution in [3.05, 3.63) is 76.8 Å². The quantitative estimate of drug-likeness (QED) is 0.224. The van der Waals surface area contributed by atoms with E-state index >= 15 is 0 Å². The van der Waals surface area contributed by atoms with Crippen molar-refractivity contribution >= 4 is 60.0 Å². The number of carbonyl (C=O) groups excluding carboxylic acids is 1. The number of morpholine rings is 1. The molecule has 192 valence electrons. The van der Waals surface area contributed by atoms with Crippen molar-refractivity contribution in [3.8, 4) is 5.75 Å². The van der Waals surface area contributed by atoms with Crippen LogP contribution >= 0.6 is 27.3 Å². The minimum Gasteiger partial charge on any atom is -0.492 e. The van der Waals surface area contributed by atoms with Crippen LogP contribution < -0.4 is 20.7 Å². The van der Waals surface area contributed by atoms with E-state index in [4.69, 9.17) is 9.47 Å². The number of rotatable bonds is 9. The summed E-state index contributed by atoms with van der Waals surface area (Å²) >= 11 is 4.99. The summed E-state index contributed by atoms with van der Waals surface area (Å²) in [6, 6.07) is 20.9. The molecule has 2 amide bonds. The van der Waals surface area contributed by atoms with Crippen LogP contribution in [-0.2, 0) is 11.3 Å². The topological polar surface area (TPSA) is 87.8 Å². The number of ether oxygens (including phenoxy) is 2. The third kappa shape index (κ3) is 7.42. The van der Waals surface area contributed by atoms with Crippen LogP contribution in [0.3, 0.4) is 0 Å². The minimum atomic E-state index is -0.285. The van der Waals surface area contributed by atoms with Crippen LogP contribution in [0, 0.1) is 0 Å². The third-order valence-corrected chi connectivity index (χ3v) is 7.40. The van der Waals surface area contributed by atoms with Crippen molar-refractivity contribution in [3.63, 3.8) is 0 Å². The van der Waals surface area contributed by atoms with Crippen LogP contribution in [0.15, 0.2) is 71.2 Å². The van der Waals surface area contributed by atoms with Gasteiger partial charge in [0.15, 0.2) is 5.13 Å². The van der Waals surface area contributed by atoms with E-state index in [-0.39, 0.29) is 6.03 Å². The summed E-state index contributed by atoms with van der Waals surface area (Å²) in [5.41, 5.74) is 3.48. The number of urea groups is 1.